The number of amides is 1. The number of amidine groups is 1. The summed E-state index contributed by atoms with van der Waals surface area (Å²) in [4.78, 5) is 18.0. The number of carbonyl (C=O) groups is 1. The lowest BCUT2D eigenvalue weighted by atomic mass is 9.86. The quantitative estimate of drug-likeness (QED) is 0.0552. The topological polar surface area (TPSA) is 130 Å². The first-order chi connectivity index (χ1) is 19.4. The van der Waals surface area contributed by atoms with Crippen molar-refractivity contribution in [3.63, 3.8) is 0 Å². The third-order valence-electron chi connectivity index (χ3n) is 6.56. The van der Waals surface area contributed by atoms with E-state index in [1.165, 1.54) is 17.0 Å². The number of nitrogens with one attached hydrogen (secondary N) is 3. The Morgan fingerprint density at radius 2 is 1.90 bits per heavy atom. The SMILES string of the molecule is C=CC(=C\NC(C)=NC1CC1)/C(N)=C/N(N)c1cc(C(=O)Nc2cc(C(C)(C)C)cc(NSC)c2OC)ccc1C. The molecule has 0 bridgehead atoms. The third-order valence-corrected chi connectivity index (χ3v) is 6.98. The van der Waals surface area contributed by atoms with Crippen molar-refractivity contribution in [3.8, 4) is 5.75 Å². The first kappa shape index (κ1) is 31.6. The number of aliphatic imine (C=N–C) groups is 1. The van der Waals surface area contributed by atoms with Crippen molar-refractivity contribution in [3.05, 3.63) is 83.3 Å². The van der Waals surface area contributed by atoms with Crippen molar-refractivity contribution in [1.82, 2.24) is 5.32 Å². The summed E-state index contributed by atoms with van der Waals surface area (Å²) in [5, 5.41) is 7.60. The van der Waals surface area contributed by atoms with E-state index >= 15 is 0 Å². The number of rotatable bonds is 11. The first-order valence-electron chi connectivity index (χ1n) is 13.5. The maximum Gasteiger partial charge on any atom is 0.255 e. The van der Waals surface area contributed by atoms with Gasteiger partial charge in [-0.2, -0.15) is 0 Å². The zero-order valence-electron chi connectivity index (χ0n) is 25.1. The zero-order chi connectivity index (χ0) is 30.3. The normalized spacial score (nSPS) is 14.4. The molecule has 1 amide bonds. The second kappa shape index (κ2) is 13.6. The maximum absolute atomic E-state index is 13.5. The van der Waals surface area contributed by atoms with Crippen LogP contribution >= 0.6 is 11.9 Å². The Morgan fingerprint density at radius 3 is 2.49 bits per heavy atom. The highest BCUT2D eigenvalue weighted by atomic mass is 32.2. The molecule has 1 aliphatic carbocycles. The van der Waals surface area contributed by atoms with Gasteiger partial charge < -0.3 is 25.8 Å². The number of allylic oxidation sites excluding steroid dienone is 1. The van der Waals surface area contributed by atoms with Crippen molar-refractivity contribution in [2.75, 3.05) is 28.4 Å². The van der Waals surface area contributed by atoms with Gasteiger partial charge in [0.1, 0.15) is 0 Å². The highest BCUT2D eigenvalue weighted by molar-refractivity contribution is 7.99. The van der Waals surface area contributed by atoms with E-state index in [-0.39, 0.29) is 11.3 Å². The molecule has 0 aromatic heterocycles. The van der Waals surface area contributed by atoms with Crippen molar-refractivity contribution < 1.29 is 9.53 Å². The molecule has 0 spiro atoms. The number of nitrogens with two attached hydrogens (primary N) is 2. The van der Waals surface area contributed by atoms with Crippen LogP contribution < -0.4 is 36.7 Å². The molecule has 2 aromatic rings. The molecule has 0 heterocycles. The number of methoxy groups -OCH3 is 1. The van der Waals surface area contributed by atoms with Gasteiger partial charge in [-0.05, 0) is 67.5 Å². The van der Waals surface area contributed by atoms with Crippen LogP contribution in [0.2, 0.25) is 0 Å². The standard InChI is InChI=1S/C31H43N7O2S/c1-9-21(17-34-20(3)35-24-12-13-24)25(32)18-38(33)28-14-22(11-10-19(28)2)30(39)36-26-15-23(31(4,5)6)16-27(37-41-8)29(26)40-7/h9-11,14-18,24,37H,1,12-13,32-33H2,2-8H3,(H,34,35)(H,36,39)/b21-17+,25-18-. The molecule has 2 aromatic carbocycles. The van der Waals surface area contributed by atoms with Crippen molar-refractivity contribution in [1.29, 1.82) is 0 Å². The number of hydrogen-bond acceptors (Lipinski definition) is 8. The lowest BCUT2D eigenvalue weighted by Gasteiger charge is -2.24. The molecule has 9 nitrogen and oxygen atoms in total. The molecule has 0 atom stereocenters. The summed E-state index contributed by atoms with van der Waals surface area (Å²) in [7, 11) is 1.59. The predicted octanol–water partition coefficient (Wildman–Crippen LogP) is 5.96. The molecule has 10 heteroatoms. The smallest absolute Gasteiger partial charge is 0.255 e. The Labute approximate surface area is 248 Å². The Kier molecular flexibility index (Phi) is 10.5. The molecule has 220 valence electrons. The van der Waals surface area contributed by atoms with Gasteiger partial charge in [-0.15, -0.1) is 0 Å². The molecule has 0 unspecified atom stereocenters. The van der Waals surface area contributed by atoms with E-state index in [1.807, 2.05) is 38.3 Å². The third kappa shape index (κ3) is 8.55. The van der Waals surface area contributed by atoms with E-state index < -0.39 is 0 Å². The van der Waals surface area contributed by atoms with E-state index in [9.17, 15) is 4.79 Å². The van der Waals surface area contributed by atoms with E-state index in [2.05, 4.69) is 47.7 Å². The fourth-order valence-corrected chi connectivity index (χ4v) is 4.41. The van der Waals surface area contributed by atoms with Crippen LogP contribution in [0.1, 0.15) is 62.0 Å². The Morgan fingerprint density at radius 1 is 1.22 bits per heavy atom. The summed E-state index contributed by atoms with van der Waals surface area (Å²) in [5.41, 5.74) is 11.6. The minimum absolute atomic E-state index is 0.138. The number of hydrazine groups is 1. The van der Waals surface area contributed by atoms with Gasteiger partial charge in [0.05, 0.1) is 41.7 Å². The van der Waals surface area contributed by atoms with Crippen LogP contribution in [0, 0.1) is 6.92 Å². The van der Waals surface area contributed by atoms with Crippen molar-refractivity contribution in [2.24, 2.45) is 16.6 Å². The number of nitrogens with zero attached hydrogens (tertiary/aromatic N) is 2. The fourth-order valence-electron chi connectivity index (χ4n) is 4.03. The average Bonchev–Trinajstić information content (AvgIpc) is 3.72. The number of carbonyl (C=O) groups excluding carboxylic acids is 1. The van der Waals surface area contributed by atoms with Gasteiger partial charge >= 0.3 is 0 Å². The van der Waals surface area contributed by atoms with Crippen LogP contribution in [0.15, 0.2) is 71.6 Å². The minimum Gasteiger partial charge on any atom is -0.492 e. The van der Waals surface area contributed by atoms with E-state index in [0.717, 1.165) is 35.5 Å². The Balaban J connectivity index is 1.87. The number of ether oxygens (including phenoxy) is 1. The molecule has 0 radical (unpaired) electrons. The first-order valence-corrected chi connectivity index (χ1v) is 14.7. The molecule has 1 saturated carbocycles. The molecule has 0 saturated heterocycles. The zero-order valence-corrected chi connectivity index (χ0v) is 25.9. The highest BCUT2D eigenvalue weighted by Gasteiger charge is 2.22. The lowest BCUT2D eigenvalue weighted by Crippen LogP contribution is -2.27. The van der Waals surface area contributed by atoms with Gasteiger partial charge in [-0.1, -0.05) is 51.4 Å². The second-order valence-electron chi connectivity index (χ2n) is 11.0. The molecule has 3 rings (SSSR count). The van der Waals surface area contributed by atoms with Gasteiger partial charge in [0, 0.05) is 29.8 Å². The average molecular weight is 578 g/mol. The monoisotopic (exact) mass is 577 g/mol. The summed E-state index contributed by atoms with van der Waals surface area (Å²) >= 11 is 1.45. The Hall–Kier alpha value is -3.89. The summed E-state index contributed by atoms with van der Waals surface area (Å²) in [6, 6.07) is 9.75. The molecular weight excluding hydrogens is 534 g/mol. The summed E-state index contributed by atoms with van der Waals surface area (Å²) in [5.74, 6) is 7.50. The van der Waals surface area contributed by atoms with Crippen LogP contribution in [0.5, 0.6) is 5.75 Å². The van der Waals surface area contributed by atoms with E-state index in [1.54, 1.807) is 37.7 Å². The van der Waals surface area contributed by atoms with Gasteiger partial charge in [0.2, 0.25) is 0 Å². The molecule has 41 heavy (non-hydrogen) atoms. The summed E-state index contributed by atoms with van der Waals surface area (Å²) < 4.78 is 8.94. The maximum atomic E-state index is 13.5. The van der Waals surface area contributed by atoms with Crippen LogP contribution in [-0.2, 0) is 5.41 Å². The van der Waals surface area contributed by atoms with Crippen LogP contribution in [-0.4, -0.2) is 31.2 Å². The lowest BCUT2D eigenvalue weighted by molar-refractivity contribution is 0.102. The molecule has 1 fully saturated rings. The highest BCUT2D eigenvalue weighted by Crippen LogP contribution is 2.39. The molecule has 1 aliphatic rings. The van der Waals surface area contributed by atoms with E-state index in [0.29, 0.717) is 40.0 Å². The summed E-state index contributed by atoms with van der Waals surface area (Å²) in [6.07, 6.45) is 9.19. The van der Waals surface area contributed by atoms with Crippen LogP contribution in [0.25, 0.3) is 0 Å². The van der Waals surface area contributed by atoms with Gasteiger partial charge in [-0.25, -0.2) is 5.84 Å². The van der Waals surface area contributed by atoms with Crippen molar-refractivity contribution in [2.45, 2.75) is 58.9 Å². The number of hydrogen-bond donors (Lipinski definition) is 5. The molecule has 0 aliphatic heterocycles. The largest absolute Gasteiger partial charge is 0.492 e. The van der Waals surface area contributed by atoms with Crippen molar-refractivity contribution >= 4 is 40.8 Å². The van der Waals surface area contributed by atoms with Crippen LogP contribution in [0.4, 0.5) is 17.1 Å². The van der Waals surface area contributed by atoms with Gasteiger partial charge in [-0.3, -0.25) is 14.8 Å². The predicted molar refractivity (Wildman–Crippen MR) is 174 cm³/mol. The number of anilines is 3. The van der Waals surface area contributed by atoms with Crippen LogP contribution in [0.3, 0.4) is 0 Å². The molecular formula is C31H43N7O2S. The van der Waals surface area contributed by atoms with Gasteiger partial charge in [0.15, 0.2) is 5.75 Å². The molecule has 7 N–H and O–H groups in total. The summed E-state index contributed by atoms with van der Waals surface area (Å²) in [6.45, 7) is 14.1. The second-order valence-corrected chi connectivity index (χ2v) is 11.6. The number of benzene rings is 2. The minimum atomic E-state index is -0.294. The number of aryl methyl sites for hydroxylation is 1. The van der Waals surface area contributed by atoms with E-state index in [4.69, 9.17) is 16.3 Å². The van der Waals surface area contributed by atoms with Gasteiger partial charge in [0.25, 0.3) is 5.91 Å². The fraction of sp³-hybridized carbons (Fsp3) is 0.355. The Bertz CT molecular complexity index is 1370.